The van der Waals surface area contributed by atoms with Gasteiger partial charge in [-0.3, -0.25) is 0 Å². The maximum atomic E-state index is 12.6. The molecule has 0 spiro atoms. The van der Waals surface area contributed by atoms with Gasteiger partial charge in [-0.1, -0.05) is 6.92 Å². The number of nitrogens with zero attached hydrogens (tertiary/aromatic N) is 2. The van der Waals surface area contributed by atoms with Crippen molar-refractivity contribution in [2.45, 2.75) is 56.6 Å². The molecule has 1 saturated carbocycles. The molecule has 0 aliphatic heterocycles. The smallest absolute Gasteiger partial charge is 0.260 e. The van der Waals surface area contributed by atoms with Crippen molar-refractivity contribution in [1.29, 1.82) is 0 Å². The van der Waals surface area contributed by atoms with Crippen LogP contribution in [0.4, 0.5) is 0 Å². The summed E-state index contributed by atoms with van der Waals surface area (Å²) in [6.45, 7) is 4.09. The lowest BCUT2D eigenvalue weighted by Crippen LogP contribution is -2.44. The molecule has 7 heteroatoms. The average Bonchev–Trinajstić information content (AvgIpc) is 2.80. The maximum absolute atomic E-state index is 12.6. The molecule has 0 radical (unpaired) electrons. The third-order valence-corrected chi connectivity index (χ3v) is 5.66. The predicted octanol–water partition coefficient (Wildman–Crippen LogP) is 0.999. The fraction of sp³-hybridized carbons (Fsp3) is 0.750. The van der Waals surface area contributed by atoms with E-state index in [2.05, 4.69) is 9.97 Å². The summed E-state index contributed by atoms with van der Waals surface area (Å²) in [4.78, 5) is 6.79. The molecule has 0 bridgehead atoms. The summed E-state index contributed by atoms with van der Waals surface area (Å²) in [5, 5.41) is 0.182. The van der Waals surface area contributed by atoms with Gasteiger partial charge in [-0.2, -0.15) is 4.31 Å². The SMILES string of the molecule is CCN(C1CCC(N)CC1)S(=O)(=O)c1cnc(C)[nH]1. The third-order valence-electron chi connectivity index (χ3n) is 3.73. The Bertz CT molecular complexity index is 518. The van der Waals surface area contributed by atoms with Gasteiger partial charge in [0.25, 0.3) is 10.0 Å². The van der Waals surface area contributed by atoms with Gasteiger partial charge in [-0.05, 0) is 32.6 Å². The van der Waals surface area contributed by atoms with E-state index in [4.69, 9.17) is 5.73 Å². The van der Waals surface area contributed by atoms with Crippen LogP contribution in [0.2, 0.25) is 0 Å². The first-order chi connectivity index (χ1) is 8.95. The van der Waals surface area contributed by atoms with Crippen LogP contribution < -0.4 is 5.73 Å². The molecule has 0 aromatic carbocycles. The van der Waals surface area contributed by atoms with Gasteiger partial charge in [-0.15, -0.1) is 0 Å². The van der Waals surface area contributed by atoms with E-state index < -0.39 is 10.0 Å². The second kappa shape index (κ2) is 5.60. The number of rotatable bonds is 4. The van der Waals surface area contributed by atoms with Crippen LogP contribution in [-0.2, 0) is 10.0 Å². The lowest BCUT2D eigenvalue weighted by molar-refractivity contribution is 0.246. The molecule has 3 N–H and O–H groups in total. The third kappa shape index (κ3) is 2.98. The van der Waals surface area contributed by atoms with Crippen molar-refractivity contribution in [1.82, 2.24) is 14.3 Å². The molecule has 0 atom stereocenters. The van der Waals surface area contributed by atoms with Gasteiger partial charge in [0.05, 0.1) is 6.20 Å². The minimum absolute atomic E-state index is 0.0541. The Labute approximate surface area is 114 Å². The molecule has 0 amide bonds. The average molecular weight is 286 g/mol. The molecule has 6 nitrogen and oxygen atoms in total. The Kier molecular flexibility index (Phi) is 4.27. The summed E-state index contributed by atoms with van der Waals surface area (Å²) in [7, 11) is -3.47. The zero-order valence-corrected chi connectivity index (χ0v) is 12.3. The highest BCUT2D eigenvalue weighted by Crippen LogP contribution is 2.26. The molecule has 2 rings (SSSR count). The van der Waals surface area contributed by atoms with Crippen molar-refractivity contribution in [3.05, 3.63) is 12.0 Å². The number of aromatic nitrogens is 2. The highest BCUT2D eigenvalue weighted by atomic mass is 32.2. The van der Waals surface area contributed by atoms with Gasteiger partial charge in [-0.25, -0.2) is 13.4 Å². The molecule has 1 aromatic rings. The van der Waals surface area contributed by atoms with Crippen molar-refractivity contribution < 1.29 is 8.42 Å². The summed E-state index contributed by atoms with van der Waals surface area (Å²) < 4.78 is 26.7. The Morgan fingerprint density at radius 2 is 2.05 bits per heavy atom. The first kappa shape index (κ1) is 14.5. The number of aromatic amines is 1. The van der Waals surface area contributed by atoms with Crippen molar-refractivity contribution in [3.63, 3.8) is 0 Å². The maximum Gasteiger partial charge on any atom is 0.260 e. The van der Waals surface area contributed by atoms with Crippen LogP contribution in [0.25, 0.3) is 0 Å². The Hall–Kier alpha value is -0.920. The number of hydrogen-bond donors (Lipinski definition) is 2. The quantitative estimate of drug-likeness (QED) is 0.863. The normalized spacial score (nSPS) is 24.8. The van der Waals surface area contributed by atoms with Gasteiger partial charge in [0, 0.05) is 18.6 Å². The standard InChI is InChI=1S/C12H22N4O2S/c1-3-16(11-6-4-10(13)5-7-11)19(17,18)12-8-14-9(2)15-12/h8,10-11H,3-7,13H2,1-2H3,(H,14,15). The van der Waals surface area contributed by atoms with E-state index in [1.54, 1.807) is 11.2 Å². The van der Waals surface area contributed by atoms with E-state index in [1.807, 2.05) is 6.92 Å². The minimum Gasteiger partial charge on any atom is -0.332 e. The van der Waals surface area contributed by atoms with Crippen molar-refractivity contribution in [2.75, 3.05) is 6.54 Å². The molecule has 108 valence electrons. The number of sulfonamides is 1. The summed E-state index contributed by atoms with van der Waals surface area (Å²) >= 11 is 0. The fourth-order valence-corrected chi connectivity index (χ4v) is 4.33. The monoisotopic (exact) mass is 286 g/mol. The molecular formula is C12H22N4O2S. The molecule has 1 heterocycles. The van der Waals surface area contributed by atoms with Crippen LogP contribution in [0.5, 0.6) is 0 Å². The van der Waals surface area contributed by atoms with Gasteiger partial charge in [0.15, 0.2) is 5.03 Å². The highest BCUT2D eigenvalue weighted by Gasteiger charge is 2.33. The number of nitrogens with one attached hydrogen (secondary N) is 1. The van der Waals surface area contributed by atoms with E-state index in [0.717, 1.165) is 25.7 Å². The van der Waals surface area contributed by atoms with Gasteiger partial charge >= 0.3 is 0 Å². The summed E-state index contributed by atoms with van der Waals surface area (Å²) in [5.74, 6) is 0.611. The molecule has 0 saturated heterocycles. The number of H-pyrrole nitrogens is 1. The van der Waals surface area contributed by atoms with Crippen LogP contribution in [0.3, 0.4) is 0 Å². The zero-order chi connectivity index (χ0) is 14.0. The molecule has 1 fully saturated rings. The fourth-order valence-electron chi connectivity index (χ4n) is 2.67. The molecule has 19 heavy (non-hydrogen) atoms. The van der Waals surface area contributed by atoms with Crippen LogP contribution in [0.15, 0.2) is 11.2 Å². The van der Waals surface area contributed by atoms with E-state index in [-0.39, 0.29) is 17.1 Å². The van der Waals surface area contributed by atoms with Crippen molar-refractivity contribution in [3.8, 4) is 0 Å². The number of nitrogens with two attached hydrogens (primary N) is 1. The number of imidazole rings is 1. The lowest BCUT2D eigenvalue weighted by atomic mass is 9.92. The Morgan fingerprint density at radius 3 is 2.53 bits per heavy atom. The predicted molar refractivity (Wildman–Crippen MR) is 73.1 cm³/mol. The largest absolute Gasteiger partial charge is 0.332 e. The highest BCUT2D eigenvalue weighted by molar-refractivity contribution is 7.89. The molecule has 1 aliphatic rings. The molecule has 0 unspecified atom stereocenters. The Morgan fingerprint density at radius 1 is 1.42 bits per heavy atom. The topological polar surface area (TPSA) is 92.1 Å². The van der Waals surface area contributed by atoms with Gasteiger partial charge < -0.3 is 10.7 Å². The zero-order valence-electron chi connectivity index (χ0n) is 11.5. The lowest BCUT2D eigenvalue weighted by Gasteiger charge is -2.34. The second-order valence-electron chi connectivity index (χ2n) is 5.11. The van der Waals surface area contributed by atoms with Crippen molar-refractivity contribution in [2.24, 2.45) is 5.73 Å². The minimum atomic E-state index is -3.47. The first-order valence-corrected chi connectivity index (χ1v) is 8.18. The van der Waals surface area contributed by atoms with Crippen LogP contribution in [0, 0.1) is 6.92 Å². The van der Waals surface area contributed by atoms with E-state index >= 15 is 0 Å². The first-order valence-electron chi connectivity index (χ1n) is 6.74. The molecular weight excluding hydrogens is 264 g/mol. The van der Waals surface area contributed by atoms with E-state index in [0.29, 0.717) is 12.4 Å². The van der Waals surface area contributed by atoms with Crippen LogP contribution in [0.1, 0.15) is 38.4 Å². The van der Waals surface area contributed by atoms with E-state index in [9.17, 15) is 8.42 Å². The molecule has 1 aromatic heterocycles. The summed E-state index contributed by atoms with van der Waals surface area (Å²) in [6.07, 6.45) is 4.84. The van der Waals surface area contributed by atoms with Gasteiger partial charge in [0.1, 0.15) is 5.82 Å². The van der Waals surface area contributed by atoms with Gasteiger partial charge in [0.2, 0.25) is 0 Å². The number of aryl methyl sites for hydroxylation is 1. The van der Waals surface area contributed by atoms with Crippen LogP contribution in [-0.4, -0.2) is 41.3 Å². The summed E-state index contributed by atoms with van der Waals surface area (Å²) in [5.41, 5.74) is 5.88. The number of hydrogen-bond acceptors (Lipinski definition) is 4. The summed E-state index contributed by atoms with van der Waals surface area (Å²) in [6, 6.07) is 0.269. The molecule has 1 aliphatic carbocycles. The Balaban J connectivity index is 2.21. The van der Waals surface area contributed by atoms with E-state index in [1.165, 1.54) is 6.20 Å². The van der Waals surface area contributed by atoms with Crippen LogP contribution >= 0.6 is 0 Å². The second-order valence-corrected chi connectivity index (χ2v) is 6.97. The van der Waals surface area contributed by atoms with Crippen molar-refractivity contribution >= 4 is 10.0 Å².